The average molecular weight is 223 g/mol. The van der Waals surface area contributed by atoms with E-state index >= 15 is 0 Å². The SMILES string of the molecule is CC(C)[C@@H](CO)NC(=O)c1ncccc1N. The van der Waals surface area contributed by atoms with Crippen molar-refractivity contribution in [2.45, 2.75) is 19.9 Å². The van der Waals surface area contributed by atoms with Gasteiger partial charge < -0.3 is 16.2 Å². The topological polar surface area (TPSA) is 88.2 Å². The Morgan fingerprint density at radius 3 is 2.81 bits per heavy atom. The van der Waals surface area contributed by atoms with Crippen LogP contribution in [-0.4, -0.2) is 28.6 Å². The largest absolute Gasteiger partial charge is 0.397 e. The highest BCUT2D eigenvalue weighted by atomic mass is 16.3. The number of nitrogens with two attached hydrogens (primary N) is 1. The number of nitrogen functional groups attached to an aromatic ring is 1. The first kappa shape index (κ1) is 12.4. The first-order valence-corrected chi connectivity index (χ1v) is 5.18. The van der Waals surface area contributed by atoms with Crippen LogP contribution in [0, 0.1) is 5.92 Å². The Kier molecular flexibility index (Phi) is 4.25. The van der Waals surface area contributed by atoms with Crippen molar-refractivity contribution >= 4 is 11.6 Å². The standard InChI is InChI=1S/C11H17N3O2/c1-7(2)9(6-15)14-11(16)10-8(12)4-3-5-13-10/h3-5,7,9,15H,6,12H2,1-2H3,(H,14,16)/t9-/m1/s1. The number of pyridine rings is 1. The van der Waals surface area contributed by atoms with E-state index < -0.39 is 0 Å². The number of aliphatic hydroxyl groups is 1. The summed E-state index contributed by atoms with van der Waals surface area (Å²) in [5.41, 5.74) is 6.16. The van der Waals surface area contributed by atoms with E-state index in [0.717, 1.165) is 0 Å². The highest BCUT2D eigenvalue weighted by Gasteiger charge is 2.18. The third-order valence-electron chi connectivity index (χ3n) is 2.37. The van der Waals surface area contributed by atoms with Crippen LogP contribution in [0.25, 0.3) is 0 Å². The molecule has 0 saturated carbocycles. The third-order valence-corrected chi connectivity index (χ3v) is 2.37. The summed E-state index contributed by atoms with van der Waals surface area (Å²) in [5, 5.41) is 11.8. The van der Waals surface area contributed by atoms with Gasteiger partial charge in [0.05, 0.1) is 18.3 Å². The van der Waals surface area contributed by atoms with Crippen LogP contribution in [0.2, 0.25) is 0 Å². The van der Waals surface area contributed by atoms with Crippen molar-refractivity contribution in [1.82, 2.24) is 10.3 Å². The molecule has 0 aromatic carbocycles. The quantitative estimate of drug-likeness (QED) is 0.690. The van der Waals surface area contributed by atoms with Gasteiger partial charge in [-0.15, -0.1) is 0 Å². The number of amides is 1. The lowest BCUT2D eigenvalue weighted by Gasteiger charge is -2.19. The molecule has 5 nitrogen and oxygen atoms in total. The predicted octanol–water partition coefficient (Wildman–Crippen LogP) is 0.410. The minimum Gasteiger partial charge on any atom is -0.397 e. The lowest BCUT2D eigenvalue weighted by atomic mass is 10.1. The number of rotatable bonds is 4. The van der Waals surface area contributed by atoms with Crippen LogP contribution in [-0.2, 0) is 0 Å². The second-order valence-electron chi connectivity index (χ2n) is 3.95. The predicted molar refractivity (Wildman–Crippen MR) is 61.8 cm³/mol. The molecule has 0 saturated heterocycles. The Balaban J connectivity index is 2.76. The number of nitrogens with zero attached hydrogens (tertiary/aromatic N) is 1. The first-order valence-electron chi connectivity index (χ1n) is 5.18. The summed E-state index contributed by atoms with van der Waals surface area (Å²) >= 11 is 0. The van der Waals surface area contributed by atoms with Crippen molar-refractivity contribution in [2.24, 2.45) is 5.92 Å². The van der Waals surface area contributed by atoms with Crippen LogP contribution in [0.4, 0.5) is 5.69 Å². The molecule has 5 heteroatoms. The number of carbonyl (C=O) groups is 1. The maximum atomic E-state index is 11.8. The van der Waals surface area contributed by atoms with Crippen LogP contribution >= 0.6 is 0 Å². The summed E-state index contributed by atoms with van der Waals surface area (Å²) in [6.45, 7) is 3.74. The molecular weight excluding hydrogens is 206 g/mol. The molecule has 1 rings (SSSR count). The van der Waals surface area contributed by atoms with Crippen molar-refractivity contribution in [1.29, 1.82) is 0 Å². The highest BCUT2D eigenvalue weighted by Crippen LogP contribution is 2.08. The Bertz CT molecular complexity index is 366. The maximum absolute atomic E-state index is 11.8. The normalized spacial score (nSPS) is 12.5. The Labute approximate surface area is 94.7 Å². The summed E-state index contributed by atoms with van der Waals surface area (Å²) in [7, 11) is 0. The zero-order valence-corrected chi connectivity index (χ0v) is 9.47. The molecule has 0 spiro atoms. The van der Waals surface area contributed by atoms with E-state index in [-0.39, 0.29) is 30.2 Å². The van der Waals surface area contributed by atoms with Crippen molar-refractivity contribution < 1.29 is 9.90 Å². The van der Waals surface area contributed by atoms with Gasteiger partial charge in [0.25, 0.3) is 5.91 Å². The smallest absolute Gasteiger partial charge is 0.272 e. The molecule has 1 amide bonds. The van der Waals surface area contributed by atoms with Gasteiger partial charge in [-0.05, 0) is 18.1 Å². The molecule has 0 aliphatic carbocycles. The Morgan fingerprint density at radius 1 is 1.62 bits per heavy atom. The van der Waals surface area contributed by atoms with Gasteiger partial charge in [0.1, 0.15) is 0 Å². The summed E-state index contributed by atoms with van der Waals surface area (Å²) in [4.78, 5) is 15.7. The Hall–Kier alpha value is -1.62. The van der Waals surface area contributed by atoms with E-state index in [4.69, 9.17) is 10.8 Å². The van der Waals surface area contributed by atoms with E-state index in [9.17, 15) is 4.79 Å². The summed E-state index contributed by atoms with van der Waals surface area (Å²) in [5.74, 6) is -0.204. The molecule has 4 N–H and O–H groups in total. The van der Waals surface area contributed by atoms with Crippen molar-refractivity contribution in [3.63, 3.8) is 0 Å². The minimum absolute atomic E-state index is 0.101. The Morgan fingerprint density at radius 2 is 2.31 bits per heavy atom. The number of aliphatic hydroxyl groups excluding tert-OH is 1. The zero-order chi connectivity index (χ0) is 12.1. The average Bonchev–Trinajstić information content (AvgIpc) is 2.25. The number of hydrogen-bond acceptors (Lipinski definition) is 4. The number of anilines is 1. The first-order chi connectivity index (χ1) is 7.56. The van der Waals surface area contributed by atoms with E-state index in [1.165, 1.54) is 6.20 Å². The van der Waals surface area contributed by atoms with E-state index in [1.54, 1.807) is 12.1 Å². The van der Waals surface area contributed by atoms with Crippen molar-refractivity contribution in [3.05, 3.63) is 24.0 Å². The maximum Gasteiger partial charge on any atom is 0.272 e. The van der Waals surface area contributed by atoms with Gasteiger partial charge in [0.15, 0.2) is 5.69 Å². The van der Waals surface area contributed by atoms with E-state index in [0.29, 0.717) is 5.69 Å². The van der Waals surface area contributed by atoms with Gasteiger partial charge >= 0.3 is 0 Å². The molecule has 0 aliphatic rings. The van der Waals surface area contributed by atoms with Gasteiger partial charge in [-0.25, -0.2) is 4.98 Å². The second-order valence-corrected chi connectivity index (χ2v) is 3.95. The molecule has 1 aromatic heterocycles. The monoisotopic (exact) mass is 223 g/mol. The van der Waals surface area contributed by atoms with Crippen LogP contribution in [0.15, 0.2) is 18.3 Å². The van der Waals surface area contributed by atoms with E-state index in [1.807, 2.05) is 13.8 Å². The lowest BCUT2D eigenvalue weighted by Crippen LogP contribution is -2.41. The fourth-order valence-electron chi connectivity index (χ4n) is 1.27. The number of carbonyl (C=O) groups excluding carboxylic acids is 1. The summed E-state index contributed by atoms with van der Waals surface area (Å²) < 4.78 is 0. The van der Waals surface area contributed by atoms with Gasteiger partial charge in [0.2, 0.25) is 0 Å². The fraction of sp³-hybridized carbons (Fsp3) is 0.455. The zero-order valence-electron chi connectivity index (χ0n) is 9.47. The molecule has 88 valence electrons. The van der Waals surface area contributed by atoms with Crippen molar-refractivity contribution in [2.75, 3.05) is 12.3 Å². The van der Waals surface area contributed by atoms with Crippen LogP contribution < -0.4 is 11.1 Å². The molecule has 1 atom stereocenters. The molecule has 1 aromatic rings. The molecular formula is C11H17N3O2. The van der Waals surface area contributed by atoms with Gasteiger partial charge in [-0.1, -0.05) is 13.8 Å². The number of hydrogen-bond donors (Lipinski definition) is 3. The lowest BCUT2D eigenvalue weighted by molar-refractivity contribution is 0.0893. The van der Waals surface area contributed by atoms with Gasteiger partial charge in [0, 0.05) is 6.20 Å². The highest BCUT2D eigenvalue weighted by molar-refractivity contribution is 5.97. The summed E-state index contributed by atoms with van der Waals surface area (Å²) in [6, 6.07) is 3.00. The second kappa shape index (κ2) is 5.46. The molecule has 0 unspecified atom stereocenters. The molecule has 0 radical (unpaired) electrons. The molecule has 16 heavy (non-hydrogen) atoms. The summed E-state index contributed by atoms with van der Waals surface area (Å²) in [6.07, 6.45) is 1.51. The fourth-order valence-corrected chi connectivity index (χ4v) is 1.27. The van der Waals surface area contributed by atoms with Gasteiger partial charge in [-0.3, -0.25) is 4.79 Å². The molecule has 0 bridgehead atoms. The molecule has 1 heterocycles. The third kappa shape index (κ3) is 2.93. The van der Waals surface area contributed by atoms with Gasteiger partial charge in [-0.2, -0.15) is 0 Å². The molecule has 0 fully saturated rings. The molecule has 0 aliphatic heterocycles. The van der Waals surface area contributed by atoms with Crippen LogP contribution in [0.3, 0.4) is 0 Å². The van der Waals surface area contributed by atoms with Crippen molar-refractivity contribution in [3.8, 4) is 0 Å². The minimum atomic E-state index is -0.356. The van der Waals surface area contributed by atoms with E-state index in [2.05, 4.69) is 10.3 Å². The van der Waals surface area contributed by atoms with Crippen LogP contribution in [0.5, 0.6) is 0 Å². The van der Waals surface area contributed by atoms with Crippen LogP contribution in [0.1, 0.15) is 24.3 Å². The number of aromatic nitrogens is 1. The number of nitrogens with one attached hydrogen (secondary N) is 1.